The molecule has 2 aromatic carbocycles. The number of halogens is 1. The molecular formula is C20H30IN3O2. The molecule has 0 radical (unpaired) electrons. The van der Waals surface area contributed by atoms with Crippen LogP contribution in [0.5, 0.6) is 5.75 Å². The quantitative estimate of drug-likeness (QED) is 0.240. The molecule has 0 aliphatic carbocycles. The molecule has 0 aliphatic rings. The molecule has 0 aliphatic heterocycles. The molecule has 0 unspecified atom stereocenters. The summed E-state index contributed by atoms with van der Waals surface area (Å²) in [6, 6.07) is 14.4. The van der Waals surface area contributed by atoms with Gasteiger partial charge in [-0.1, -0.05) is 36.4 Å². The summed E-state index contributed by atoms with van der Waals surface area (Å²) in [5.41, 5.74) is 0. The lowest BCUT2D eigenvalue weighted by Gasteiger charge is -2.13. The SMILES string of the molecule is CCOCCCCNC(=NC)NCCOc1cccc2ccccc12.I. The van der Waals surface area contributed by atoms with Gasteiger partial charge in [0.25, 0.3) is 0 Å². The van der Waals surface area contributed by atoms with Crippen molar-refractivity contribution in [2.24, 2.45) is 4.99 Å². The van der Waals surface area contributed by atoms with Crippen molar-refractivity contribution in [1.29, 1.82) is 0 Å². The summed E-state index contributed by atoms with van der Waals surface area (Å²) >= 11 is 0. The van der Waals surface area contributed by atoms with Crippen LogP contribution in [0, 0.1) is 0 Å². The summed E-state index contributed by atoms with van der Waals surface area (Å²) < 4.78 is 11.3. The van der Waals surface area contributed by atoms with Crippen LogP contribution >= 0.6 is 24.0 Å². The van der Waals surface area contributed by atoms with Gasteiger partial charge < -0.3 is 20.1 Å². The first-order chi connectivity index (χ1) is 12.3. The number of fused-ring (bicyclic) bond motifs is 1. The van der Waals surface area contributed by atoms with Crippen molar-refractivity contribution in [2.75, 3.05) is 40.0 Å². The lowest BCUT2D eigenvalue weighted by Crippen LogP contribution is -2.39. The second-order valence-electron chi connectivity index (χ2n) is 5.66. The van der Waals surface area contributed by atoms with Crippen LogP contribution in [0.2, 0.25) is 0 Å². The van der Waals surface area contributed by atoms with Crippen molar-refractivity contribution >= 4 is 40.7 Å². The topological polar surface area (TPSA) is 54.9 Å². The van der Waals surface area contributed by atoms with E-state index < -0.39 is 0 Å². The smallest absolute Gasteiger partial charge is 0.191 e. The second kappa shape index (κ2) is 13.6. The monoisotopic (exact) mass is 471 g/mol. The Morgan fingerprint density at radius 1 is 0.962 bits per heavy atom. The van der Waals surface area contributed by atoms with E-state index in [0.29, 0.717) is 13.2 Å². The van der Waals surface area contributed by atoms with E-state index in [9.17, 15) is 0 Å². The fourth-order valence-corrected chi connectivity index (χ4v) is 2.55. The molecule has 0 saturated heterocycles. The third kappa shape index (κ3) is 7.78. The number of benzene rings is 2. The zero-order valence-corrected chi connectivity index (χ0v) is 18.0. The van der Waals surface area contributed by atoms with E-state index in [-0.39, 0.29) is 24.0 Å². The first-order valence-electron chi connectivity index (χ1n) is 8.98. The van der Waals surface area contributed by atoms with Crippen molar-refractivity contribution in [3.05, 3.63) is 42.5 Å². The summed E-state index contributed by atoms with van der Waals surface area (Å²) in [4.78, 5) is 4.22. The number of guanidine groups is 1. The molecule has 144 valence electrons. The highest BCUT2D eigenvalue weighted by atomic mass is 127. The maximum absolute atomic E-state index is 5.92. The summed E-state index contributed by atoms with van der Waals surface area (Å²) in [5, 5.41) is 8.91. The van der Waals surface area contributed by atoms with Gasteiger partial charge in [-0.2, -0.15) is 0 Å². The summed E-state index contributed by atoms with van der Waals surface area (Å²) in [7, 11) is 1.78. The normalized spacial score (nSPS) is 11.1. The van der Waals surface area contributed by atoms with Crippen LogP contribution in [0.3, 0.4) is 0 Å². The Kier molecular flexibility index (Phi) is 11.8. The minimum absolute atomic E-state index is 0. The van der Waals surface area contributed by atoms with Crippen LogP contribution < -0.4 is 15.4 Å². The average Bonchev–Trinajstić information content (AvgIpc) is 2.66. The van der Waals surface area contributed by atoms with E-state index in [1.54, 1.807) is 7.05 Å². The lowest BCUT2D eigenvalue weighted by atomic mass is 10.1. The summed E-state index contributed by atoms with van der Waals surface area (Å²) in [6.45, 7) is 5.79. The second-order valence-corrected chi connectivity index (χ2v) is 5.66. The van der Waals surface area contributed by atoms with Gasteiger partial charge in [0.15, 0.2) is 5.96 Å². The Balaban J connectivity index is 0.00000338. The maximum atomic E-state index is 5.92. The summed E-state index contributed by atoms with van der Waals surface area (Å²) in [6.07, 6.45) is 2.12. The van der Waals surface area contributed by atoms with Crippen LogP contribution in [0.25, 0.3) is 10.8 Å². The Morgan fingerprint density at radius 3 is 2.54 bits per heavy atom. The number of hydrogen-bond acceptors (Lipinski definition) is 3. The fraction of sp³-hybridized carbons (Fsp3) is 0.450. The molecule has 0 aromatic heterocycles. The van der Waals surface area contributed by atoms with Crippen LogP contribution in [0.1, 0.15) is 19.8 Å². The number of nitrogens with one attached hydrogen (secondary N) is 2. The van der Waals surface area contributed by atoms with Gasteiger partial charge in [0.05, 0.1) is 6.54 Å². The number of unbranched alkanes of at least 4 members (excludes halogenated alkanes) is 1. The van der Waals surface area contributed by atoms with Gasteiger partial charge in [0.1, 0.15) is 12.4 Å². The minimum Gasteiger partial charge on any atom is -0.491 e. The highest BCUT2D eigenvalue weighted by Gasteiger charge is 2.01. The molecule has 26 heavy (non-hydrogen) atoms. The van der Waals surface area contributed by atoms with Crippen molar-refractivity contribution < 1.29 is 9.47 Å². The third-order valence-electron chi connectivity index (χ3n) is 3.84. The molecule has 5 nitrogen and oxygen atoms in total. The molecule has 2 rings (SSSR count). The molecule has 0 fully saturated rings. The largest absolute Gasteiger partial charge is 0.491 e. The molecule has 0 bridgehead atoms. The Labute approximate surface area is 173 Å². The standard InChI is InChI=1S/C20H29N3O2.HI/c1-3-24-15-7-6-13-22-20(21-2)23-14-16-25-19-12-8-10-17-9-4-5-11-18(17)19;/h4-5,8-12H,3,6-7,13-16H2,1-2H3,(H2,21,22,23);1H. The molecule has 2 N–H and O–H groups in total. The predicted molar refractivity (Wildman–Crippen MR) is 120 cm³/mol. The third-order valence-corrected chi connectivity index (χ3v) is 3.84. The highest BCUT2D eigenvalue weighted by Crippen LogP contribution is 2.24. The van der Waals surface area contributed by atoms with E-state index >= 15 is 0 Å². The molecule has 6 heteroatoms. The minimum atomic E-state index is 0. The molecule has 0 atom stereocenters. The van der Waals surface area contributed by atoms with E-state index in [0.717, 1.165) is 49.7 Å². The maximum Gasteiger partial charge on any atom is 0.191 e. The van der Waals surface area contributed by atoms with Gasteiger partial charge >= 0.3 is 0 Å². The molecular weight excluding hydrogens is 441 g/mol. The lowest BCUT2D eigenvalue weighted by molar-refractivity contribution is 0.143. The number of ether oxygens (including phenoxy) is 2. The molecule has 0 saturated carbocycles. The van der Waals surface area contributed by atoms with Gasteiger partial charge in [-0.15, -0.1) is 24.0 Å². The Bertz CT molecular complexity index is 659. The van der Waals surface area contributed by atoms with Crippen molar-refractivity contribution in [1.82, 2.24) is 10.6 Å². The zero-order valence-electron chi connectivity index (χ0n) is 15.7. The van der Waals surface area contributed by atoms with Crippen molar-refractivity contribution in [3.8, 4) is 5.75 Å². The number of rotatable bonds is 10. The molecule has 0 amide bonds. The number of hydrogen-bond donors (Lipinski definition) is 2. The van der Waals surface area contributed by atoms with Gasteiger partial charge in [0.2, 0.25) is 0 Å². The molecule has 2 aromatic rings. The van der Waals surface area contributed by atoms with Gasteiger partial charge in [-0.25, -0.2) is 0 Å². The van der Waals surface area contributed by atoms with Gasteiger partial charge in [-0.05, 0) is 31.2 Å². The first kappa shape index (κ1) is 22.5. The van der Waals surface area contributed by atoms with Crippen LogP contribution in [0.4, 0.5) is 0 Å². The van der Waals surface area contributed by atoms with Crippen LogP contribution in [-0.2, 0) is 4.74 Å². The van der Waals surface area contributed by atoms with E-state index in [2.05, 4.69) is 33.8 Å². The average molecular weight is 471 g/mol. The highest BCUT2D eigenvalue weighted by molar-refractivity contribution is 14.0. The predicted octanol–water partition coefficient (Wildman–Crippen LogP) is 3.82. The van der Waals surface area contributed by atoms with Gasteiger partial charge in [0, 0.05) is 32.2 Å². The fourth-order valence-electron chi connectivity index (χ4n) is 2.55. The van der Waals surface area contributed by atoms with Crippen LogP contribution in [0.15, 0.2) is 47.5 Å². The zero-order chi connectivity index (χ0) is 17.7. The van der Waals surface area contributed by atoms with Gasteiger partial charge in [-0.3, -0.25) is 4.99 Å². The van der Waals surface area contributed by atoms with E-state index in [1.807, 2.05) is 31.2 Å². The summed E-state index contributed by atoms with van der Waals surface area (Å²) in [5.74, 6) is 1.72. The Morgan fingerprint density at radius 2 is 1.73 bits per heavy atom. The van der Waals surface area contributed by atoms with Crippen molar-refractivity contribution in [3.63, 3.8) is 0 Å². The number of aliphatic imine (C=N–C) groups is 1. The molecule has 0 spiro atoms. The molecule has 0 heterocycles. The van der Waals surface area contributed by atoms with E-state index in [1.165, 1.54) is 5.39 Å². The van der Waals surface area contributed by atoms with E-state index in [4.69, 9.17) is 9.47 Å². The van der Waals surface area contributed by atoms with Crippen LogP contribution in [-0.4, -0.2) is 45.9 Å². The Hall–Kier alpha value is -1.54. The first-order valence-corrected chi connectivity index (χ1v) is 8.98. The van der Waals surface area contributed by atoms with Crippen molar-refractivity contribution in [2.45, 2.75) is 19.8 Å². The number of nitrogens with zero attached hydrogens (tertiary/aromatic N) is 1.